The lowest BCUT2D eigenvalue weighted by atomic mass is 10.7. The Hall–Kier alpha value is 0.860. The molecule has 0 radical (unpaired) electrons. The number of nitrogens with two attached hydrogens (primary N) is 1. The Morgan fingerprint density at radius 3 is 1.86 bits per heavy atom. The van der Waals surface area contributed by atoms with E-state index in [4.69, 9.17) is 0 Å². The molecule has 0 aliphatic rings. The molecule has 0 aliphatic carbocycles. The average Bonchev–Trinajstić information content (AvgIpc) is 1.31. The van der Waals surface area contributed by atoms with Gasteiger partial charge in [0.05, 0.1) is 0 Å². The molecule has 0 fully saturated rings. The van der Waals surface area contributed by atoms with Gasteiger partial charge in [0.25, 0.3) is 7.59 Å². The van der Waals surface area contributed by atoms with E-state index in [9.17, 15) is 9.18 Å². The minimum atomic E-state index is -1.92. The van der Waals surface area contributed by atoms with E-state index < -0.39 is 7.59 Å². The largest absolute Gasteiger partial charge is 0.365 e. The van der Waals surface area contributed by atoms with Crippen LogP contribution in [0.15, 0.2) is 0 Å². The van der Waals surface area contributed by atoms with Crippen LogP contribution >= 0.6 is 45.2 Å². The zero-order chi connectivity index (χ0) is 6.08. The van der Waals surface area contributed by atoms with Gasteiger partial charge in [0, 0.05) is 0 Å². The molecule has 7 heavy (non-hydrogen) atoms. The van der Waals surface area contributed by atoms with Crippen molar-refractivity contribution in [2.45, 2.75) is 1.68 Å². The van der Waals surface area contributed by atoms with Crippen molar-refractivity contribution in [3.05, 3.63) is 0 Å². The van der Waals surface area contributed by atoms with Crippen LogP contribution in [0.3, 0.4) is 0 Å². The lowest BCUT2D eigenvalue weighted by Crippen LogP contribution is -2.26. The normalized spacial score (nSPS) is 11.3. The second-order valence-electron chi connectivity index (χ2n) is 0.862. The van der Waals surface area contributed by atoms with Gasteiger partial charge in [0.2, 0.25) is 0 Å². The average molecular weight is 329 g/mol. The fourth-order valence-electron chi connectivity index (χ4n) is 0. The maximum Gasteiger partial charge on any atom is 0.286 e. The molecule has 2 nitrogen and oxygen atoms in total. The second kappa shape index (κ2) is 2.42. The molecule has 42 valence electrons. The van der Waals surface area contributed by atoms with Gasteiger partial charge in [-0.3, -0.25) is 4.79 Å². The van der Waals surface area contributed by atoms with Gasteiger partial charge >= 0.3 is 0 Å². The first-order chi connectivity index (χ1) is 2.94. The molecule has 0 aliphatic heterocycles. The van der Waals surface area contributed by atoms with Crippen molar-refractivity contribution < 1.29 is 9.18 Å². The van der Waals surface area contributed by atoms with Crippen LogP contribution in [-0.2, 0) is 4.79 Å². The van der Waals surface area contributed by atoms with Crippen molar-refractivity contribution in [2.75, 3.05) is 0 Å². The molecule has 0 spiro atoms. The Morgan fingerprint density at radius 2 is 1.86 bits per heavy atom. The highest BCUT2D eigenvalue weighted by molar-refractivity contribution is 14.2. The van der Waals surface area contributed by atoms with Crippen LogP contribution < -0.4 is 5.73 Å². The number of primary amides is 1. The fraction of sp³-hybridized carbons (Fsp3) is 0.500. The topological polar surface area (TPSA) is 43.1 Å². The van der Waals surface area contributed by atoms with E-state index in [0.29, 0.717) is 0 Å². The summed E-state index contributed by atoms with van der Waals surface area (Å²) < 4.78 is 10.1. The van der Waals surface area contributed by atoms with Crippen molar-refractivity contribution in [1.82, 2.24) is 0 Å². The monoisotopic (exact) mass is 329 g/mol. The van der Waals surface area contributed by atoms with E-state index in [-0.39, 0.29) is 0 Å². The molecule has 0 saturated heterocycles. The molecule has 0 aromatic carbocycles. The van der Waals surface area contributed by atoms with Crippen LogP contribution in [0.1, 0.15) is 0 Å². The molecule has 0 atom stereocenters. The number of hydrogen-bond acceptors (Lipinski definition) is 1. The zero-order valence-electron chi connectivity index (χ0n) is 3.12. The number of carbonyl (C=O) groups is 1. The quantitative estimate of drug-likeness (QED) is 0.565. The number of carbonyl (C=O) groups excluding carboxylic acids is 1. The van der Waals surface area contributed by atoms with E-state index in [2.05, 4.69) is 5.73 Å². The smallest absolute Gasteiger partial charge is 0.286 e. The van der Waals surface area contributed by atoms with E-state index in [1.807, 2.05) is 0 Å². The molecular formula is C2H2FI2NO. The summed E-state index contributed by atoms with van der Waals surface area (Å²) >= 11 is 2.62. The summed E-state index contributed by atoms with van der Waals surface area (Å²) in [6, 6.07) is 0. The Morgan fingerprint density at radius 1 is 1.71 bits per heavy atom. The minimum absolute atomic E-state index is 0.950. The van der Waals surface area contributed by atoms with Crippen LogP contribution in [-0.4, -0.2) is 7.59 Å². The maximum atomic E-state index is 12.0. The zero-order valence-corrected chi connectivity index (χ0v) is 7.43. The summed E-state index contributed by atoms with van der Waals surface area (Å²) in [7, 11) is 0. The van der Waals surface area contributed by atoms with Crippen LogP contribution in [0.5, 0.6) is 0 Å². The first-order valence-electron chi connectivity index (χ1n) is 1.31. The summed E-state index contributed by atoms with van der Waals surface area (Å²) in [4.78, 5) is 9.85. The maximum absolute atomic E-state index is 12.0. The summed E-state index contributed by atoms with van der Waals surface area (Å²) in [5, 5.41) is 0. The van der Waals surface area contributed by atoms with Gasteiger partial charge in [-0.05, 0) is 45.2 Å². The molecule has 0 aromatic rings. The third kappa shape index (κ3) is 3.44. The lowest BCUT2D eigenvalue weighted by molar-refractivity contribution is -0.119. The van der Waals surface area contributed by atoms with E-state index >= 15 is 0 Å². The van der Waals surface area contributed by atoms with Crippen molar-refractivity contribution in [3.8, 4) is 0 Å². The second-order valence-corrected chi connectivity index (χ2v) is 5.90. The number of amides is 1. The standard InChI is InChI=1S/C2H2FI2NO/c3-2(4,5)1(6)7/h(H2,6,7). The van der Waals surface area contributed by atoms with Crippen LogP contribution in [0.25, 0.3) is 0 Å². The summed E-state index contributed by atoms with van der Waals surface area (Å²) in [6.07, 6.45) is 0. The molecule has 0 heterocycles. The third-order valence-electron chi connectivity index (χ3n) is 0.279. The Balaban J connectivity index is 3.79. The highest BCUT2D eigenvalue weighted by Crippen LogP contribution is 2.27. The predicted molar refractivity (Wildman–Crippen MR) is 41.1 cm³/mol. The highest BCUT2D eigenvalue weighted by atomic mass is 127. The predicted octanol–water partition coefficient (Wildman–Crippen LogP) is 0.965. The van der Waals surface area contributed by atoms with E-state index in [1.165, 1.54) is 45.2 Å². The molecule has 5 heteroatoms. The first-order valence-corrected chi connectivity index (χ1v) is 3.47. The summed E-state index contributed by atoms with van der Waals surface area (Å²) in [5.74, 6) is -0.950. The lowest BCUT2D eigenvalue weighted by Gasteiger charge is -2.00. The van der Waals surface area contributed by atoms with Gasteiger partial charge in [0.15, 0.2) is 0 Å². The van der Waals surface area contributed by atoms with Crippen LogP contribution in [0.2, 0.25) is 0 Å². The molecule has 0 saturated carbocycles. The molecule has 0 rings (SSSR count). The highest BCUT2D eigenvalue weighted by Gasteiger charge is 2.27. The van der Waals surface area contributed by atoms with E-state index in [0.717, 1.165) is 0 Å². The Kier molecular flexibility index (Phi) is 2.72. The summed E-state index contributed by atoms with van der Waals surface area (Å²) in [5.41, 5.74) is 4.54. The molecule has 0 aromatic heterocycles. The number of hydrogen-bond donors (Lipinski definition) is 1. The number of rotatable bonds is 1. The number of alkyl halides is 3. The Bertz CT molecular complexity index is 88.2. The molecule has 0 unspecified atom stereocenters. The SMILES string of the molecule is NC(=O)C(F)(I)I. The minimum Gasteiger partial charge on any atom is -0.365 e. The van der Waals surface area contributed by atoms with Gasteiger partial charge < -0.3 is 5.73 Å². The van der Waals surface area contributed by atoms with Gasteiger partial charge in [-0.2, -0.15) is 0 Å². The number of halogens is 3. The van der Waals surface area contributed by atoms with Gasteiger partial charge in [-0.25, -0.2) is 4.39 Å². The van der Waals surface area contributed by atoms with Crippen molar-refractivity contribution in [2.24, 2.45) is 5.73 Å². The Labute approximate surface area is 67.3 Å². The van der Waals surface area contributed by atoms with Crippen molar-refractivity contribution >= 4 is 51.1 Å². The molecule has 1 amide bonds. The molecule has 2 N–H and O–H groups in total. The van der Waals surface area contributed by atoms with E-state index in [1.54, 1.807) is 0 Å². The fourth-order valence-corrected chi connectivity index (χ4v) is 0. The van der Waals surface area contributed by atoms with Gasteiger partial charge in [-0.1, -0.05) is 0 Å². The van der Waals surface area contributed by atoms with Gasteiger partial charge in [-0.15, -0.1) is 0 Å². The first kappa shape index (κ1) is 7.86. The molecule has 0 bridgehead atoms. The van der Waals surface area contributed by atoms with Crippen LogP contribution in [0, 0.1) is 0 Å². The third-order valence-corrected chi connectivity index (χ3v) is 1.34. The molecular weight excluding hydrogens is 327 g/mol. The van der Waals surface area contributed by atoms with Crippen molar-refractivity contribution in [3.63, 3.8) is 0 Å². The summed E-state index contributed by atoms with van der Waals surface area (Å²) in [6.45, 7) is 0. The van der Waals surface area contributed by atoms with Crippen LogP contribution in [0.4, 0.5) is 4.39 Å². The van der Waals surface area contributed by atoms with Crippen molar-refractivity contribution in [1.29, 1.82) is 0 Å². The van der Waals surface area contributed by atoms with Gasteiger partial charge in [0.1, 0.15) is 0 Å².